The Morgan fingerprint density at radius 3 is 2.65 bits per heavy atom. The second-order valence-corrected chi connectivity index (χ2v) is 7.36. The van der Waals surface area contributed by atoms with Crippen LogP contribution in [-0.4, -0.2) is 44.7 Å². The molecule has 26 heavy (non-hydrogen) atoms. The van der Waals surface area contributed by atoms with Gasteiger partial charge in [0.15, 0.2) is 0 Å². The Labute approximate surface area is 153 Å². The molecule has 3 heterocycles. The molecule has 2 fully saturated rings. The van der Waals surface area contributed by atoms with Crippen LogP contribution in [0.25, 0.3) is 0 Å². The zero-order valence-electron chi connectivity index (χ0n) is 15.0. The fourth-order valence-electron chi connectivity index (χ4n) is 4.40. The van der Waals surface area contributed by atoms with Crippen molar-refractivity contribution in [3.05, 3.63) is 66.0 Å². The predicted octanol–water partition coefficient (Wildman–Crippen LogP) is 2.88. The molecule has 134 valence electrons. The van der Waals surface area contributed by atoms with Crippen molar-refractivity contribution in [1.29, 1.82) is 0 Å². The summed E-state index contributed by atoms with van der Waals surface area (Å²) in [5, 5.41) is 0. The molecule has 2 atom stereocenters. The first-order chi connectivity index (χ1) is 12.6. The lowest BCUT2D eigenvalue weighted by Crippen LogP contribution is -2.60. The van der Waals surface area contributed by atoms with Gasteiger partial charge in [-0.2, -0.15) is 0 Å². The minimum absolute atomic E-state index is 0.0372. The lowest BCUT2D eigenvalue weighted by atomic mass is 9.83. The first kappa shape index (κ1) is 16.8. The molecule has 2 aliphatic rings. The maximum atomic E-state index is 13.0. The molecular weight excluding hydrogens is 326 g/mol. The summed E-state index contributed by atoms with van der Waals surface area (Å²) in [6.45, 7) is 3.42. The van der Waals surface area contributed by atoms with Crippen molar-refractivity contribution in [3.8, 4) is 0 Å². The van der Waals surface area contributed by atoms with Gasteiger partial charge in [0, 0.05) is 37.5 Å². The van der Waals surface area contributed by atoms with Crippen LogP contribution in [0.2, 0.25) is 0 Å². The van der Waals surface area contributed by atoms with Gasteiger partial charge in [-0.3, -0.25) is 14.6 Å². The number of hydrogen-bond donors (Lipinski definition) is 0. The highest BCUT2D eigenvalue weighted by Crippen LogP contribution is 2.41. The van der Waals surface area contributed by atoms with Gasteiger partial charge < -0.3 is 9.80 Å². The van der Waals surface area contributed by atoms with Crippen LogP contribution in [-0.2, 0) is 11.3 Å². The summed E-state index contributed by atoms with van der Waals surface area (Å²) in [4.78, 5) is 33.6. The molecule has 2 aliphatic heterocycles. The average molecular weight is 349 g/mol. The molecule has 0 bridgehead atoms. The minimum atomic E-state index is -0.312. The summed E-state index contributed by atoms with van der Waals surface area (Å²) < 4.78 is 0. The molecule has 5 nitrogen and oxygen atoms in total. The lowest BCUT2D eigenvalue weighted by Gasteiger charge is -2.47. The Balaban J connectivity index is 1.60. The van der Waals surface area contributed by atoms with Crippen molar-refractivity contribution in [2.24, 2.45) is 0 Å². The average Bonchev–Trinajstić information content (AvgIpc) is 3.03. The number of amides is 2. The Morgan fingerprint density at radius 2 is 1.92 bits per heavy atom. The summed E-state index contributed by atoms with van der Waals surface area (Å²) >= 11 is 0. The molecular formula is C21H23N3O2. The van der Waals surface area contributed by atoms with Crippen LogP contribution in [0, 0.1) is 0 Å². The van der Waals surface area contributed by atoms with Crippen LogP contribution in [0.1, 0.15) is 42.1 Å². The monoisotopic (exact) mass is 349 g/mol. The van der Waals surface area contributed by atoms with E-state index in [1.165, 1.54) is 0 Å². The third-order valence-corrected chi connectivity index (χ3v) is 5.87. The number of pyridine rings is 1. The van der Waals surface area contributed by atoms with E-state index < -0.39 is 0 Å². The smallest absolute Gasteiger partial charge is 0.254 e. The summed E-state index contributed by atoms with van der Waals surface area (Å²) in [6.07, 6.45) is 5.33. The molecule has 1 aromatic carbocycles. The molecule has 2 amide bonds. The third kappa shape index (κ3) is 2.77. The van der Waals surface area contributed by atoms with Crippen molar-refractivity contribution in [3.63, 3.8) is 0 Å². The van der Waals surface area contributed by atoms with Gasteiger partial charge in [-0.05, 0) is 37.5 Å². The van der Waals surface area contributed by atoms with E-state index >= 15 is 0 Å². The van der Waals surface area contributed by atoms with Gasteiger partial charge in [-0.25, -0.2) is 0 Å². The van der Waals surface area contributed by atoms with Crippen LogP contribution in [0.5, 0.6) is 0 Å². The standard InChI is InChI=1S/C21H23N3O2/c1-21-11-14-23(20(26)17-9-12-22-13-10-17)18(21)7-8-19(25)24(21)15-16-5-3-2-4-6-16/h2-6,9-10,12-13,18H,7-8,11,14-15H2,1H3/t18-,21-/m0/s1. The summed E-state index contributed by atoms with van der Waals surface area (Å²) in [5.74, 6) is 0.223. The first-order valence-electron chi connectivity index (χ1n) is 9.15. The van der Waals surface area contributed by atoms with E-state index in [4.69, 9.17) is 0 Å². The number of piperidine rings is 1. The molecule has 0 aliphatic carbocycles. The van der Waals surface area contributed by atoms with E-state index in [0.717, 1.165) is 18.4 Å². The van der Waals surface area contributed by atoms with Crippen molar-refractivity contribution >= 4 is 11.8 Å². The van der Waals surface area contributed by atoms with Gasteiger partial charge >= 0.3 is 0 Å². The van der Waals surface area contributed by atoms with Crippen molar-refractivity contribution in [2.45, 2.75) is 44.3 Å². The third-order valence-electron chi connectivity index (χ3n) is 5.87. The number of aromatic nitrogens is 1. The number of fused-ring (bicyclic) bond motifs is 1. The Kier molecular flexibility index (Phi) is 4.23. The molecule has 2 saturated heterocycles. The van der Waals surface area contributed by atoms with Crippen LogP contribution in [0.15, 0.2) is 54.9 Å². The van der Waals surface area contributed by atoms with Gasteiger partial charge in [0.25, 0.3) is 5.91 Å². The maximum absolute atomic E-state index is 13.0. The van der Waals surface area contributed by atoms with E-state index in [1.54, 1.807) is 24.5 Å². The van der Waals surface area contributed by atoms with E-state index in [9.17, 15) is 9.59 Å². The van der Waals surface area contributed by atoms with Gasteiger partial charge in [0.05, 0.1) is 11.6 Å². The van der Waals surface area contributed by atoms with Crippen LogP contribution >= 0.6 is 0 Å². The zero-order valence-corrected chi connectivity index (χ0v) is 15.0. The number of rotatable bonds is 3. The number of nitrogens with zero attached hydrogens (tertiary/aromatic N) is 3. The van der Waals surface area contributed by atoms with E-state index in [0.29, 0.717) is 25.1 Å². The number of carbonyl (C=O) groups excluding carboxylic acids is 2. The van der Waals surface area contributed by atoms with Gasteiger partial charge in [0.2, 0.25) is 5.91 Å². The highest BCUT2D eigenvalue weighted by molar-refractivity contribution is 5.95. The molecule has 0 saturated carbocycles. The lowest BCUT2D eigenvalue weighted by molar-refractivity contribution is -0.144. The summed E-state index contributed by atoms with van der Waals surface area (Å²) in [7, 11) is 0. The molecule has 0 N–H and O–H groups in total. The van der Waals surface area contributed by atoms with E-state index in [-0.39, 0.29) is 23.4 Å². The van der Waals surface area contributed by atoms with Crippen LogP contribution < -0.4 is 0 Å². The quantitative estimate of drug-likeness (QED) is 0.856. The topological polar surface area (TPSA) is 53.5 Å². The fraction of sp³-hybridized carbons (Fsp3) is 0.381. The molecule has 4 rings (SSSR count). The number of likely N-dealkylation sites (tertiary alicyclic amines) is 2. The number of benzene rings is 1. The minimum Gasteiger partial charge on any atom is -0.333 e. The SMILES string of the molecule is C[C@]12CCN(C(=O)c3ccncc3)[C@H]1CCC(=O)N2Cc1ccccc1. The maximum Gasteiger partial charge on any atom is 0.254 e. The van der Waals surface area contributed by atoms with Gasteiger partial charge in [0.1, 0.15) is 0 Å². The highest BCUT2D eigenvalue weighted by atomic mass is 16.2. The molecule has 0 spiro atoms. The summed E-state index contributed by atoms with van der Waals surface area (Å²) in [5.41, 5.74) is 1.48. The van der Waals surface area contributed by atoms with Crippen molar-refractivity contribution in [2.75, 3.05) is 6.54 Å². The Bertz CT molecular complexity index is 809. The molecule has 0 unspecified atom stereocenters. The number of carbonyl (C=O) groups is 2. The second kappa shape index (κ2) is 6.56. The molecule has 2 aromatic rings. The van der Waals surface area contributed by atoms with E-state index in [1.807, 2.05) is 28.0 Å². The molecule has 1 aromatic heterocycles. The highest BCUT2D eigenvalue weighted by Gasteiger charge is 2.53. The Hall–Kier alpha value is -2.69. The molecule has 5 heteroatoms. The van der Waals surface area contributed by atoms with Crippen molar-refractivity contribution < 1.29 is 9.59 Å². The second-order valence-electron chi connectivity index (χ2n) is 7.36. The van der Waals surface area contributed by atoms with Gasteiger partial charge in [-0.15, -0.1) is 0 Å². The Morgan fingerprint density at radius 1 is 1.19 bits per heavy atom. The normalized spacial score (nSPS) is 25.3. The summed E-state index contributed by atoms with van der Waals surface area (Å²) in [6, 6.07) is 13.7. The van der Waals surface area contributed by atoms with Crippen molar-refractivity contribution in [1.82, 2.24) is 14.8 Å². The fourth-order valence-corrected chi connectivity index (χ4v) is 4.40. The largest absolute Gasteiger partial charge is 0.333 e. The van der Waals surface area contributed by atoms with Crippen LogP contribution in [0.4, 0.5) is 0 Å². The number of hydrogen-bond acceptors (Lipinski definition) is 3. The molecule has 0 radical (unpaired) electrons. The van der Waals surface area contributed by atoms with Gasteiger partial charge in [-0.1, -0.05) is 30.3 Å². The van der Waals surface area contributed by atoms with E-state index in [2.05, 4.69) is 24.0 Å². The first-order valence-corrected chi connectivity index (χ1v) is 9.15. The van der Waals surface area contributed by atoms with Crippen LogP contribution in [0.3, 0.4) is 0 Å². The zero-order chi connectivity index (χ0) is 18.1. The predicted molar refractivity (Wildman–Crippen MR) is 98.3 cm³/mol.